The Hall–Kier alpha value is -1.50. The van der Waals surface area contributed by atoms with Crippen LogP contribution in [-0.2, 0) is 0 Å². The number of nitrogens with zero attached hydrogens (tertiary/aromatic N) is 2. The first kappa shape index (κ1) is 21.5. The zero-order valence-corrected chi connectivity index (χ0v) is 16.4. The molecule has 0 spiro atoms. The van der Waals surface area contributed by atoms with Crippen LogP contribution in [-0.4, -0.2) is 49.6 Å². The molecule has 0 bridgehead atoms. The van der Waals surface area contributed by atoms with Gasteiger partial charge in [-0.2, -0.15) is 0 Å². The zero-order valence-electron chi connectivity index (χ0n) is 14.8. The van der Waals surface area contributed by atoms with Crippen LogP contribution in [0.4, 0.5) is 10.5 Å². The van der Waals surface area contributed by atoms with Crippen molar-refractivity contribution in [3.05, 3.63) is 28.8 Å². The Morgan fingerprint density at radius 1 is 1.44 bits per heavy atom. The van der Waals surface area contributed by atoms with Crippen molar-refractivity contribution in [1.29, 1.82) is 0 Å². The van der Waals surface area contributed by atoms with Gasteiger partial charge >= 0.3 is 6.03 Å². The standard InChI is InChI=1S/C17H25ClN4O2.ClH/c1-11(2)15(19)6-8-21(3)16(23)13-10-12(4-5-14(13)18)22-9-7-20-17(22)24;/h4-5,10-11,15H,6-9,19H2,1-3H3,(H,20,24);1H. The van der Waals surface area contributed by atoms with Gasteiger partial charge in [0.2, 0.25) is 0 Å². The maximum Gasteiger partial charge on any atom is 0.321 e. The molecular formula is C17H26Cl2N4O2. The smallest absolute Gasteiger partial charge is 0.321 e. The second-order valence-corrected chi connectivity index (χ2v) is 6.88. The lowest BCUT2D eigenvalue weighted by atomic mass is 10.0. The molecule has 3 N–H and O–H groups in total. The molecule has 1 unspecified atom stereocenters. The fraction of sp³-hybridized carbons (Fsp3) is 0.529. The van der Waals surface area contributed by atoms with Crippen LogP contribution in [0.1, 0.15) is 30.6 Å². The molecule has 140 valence electrons. The lowest BCUT2D eigenvalue weighted by Gasteiger charge is -2.23. The summed E-state index contributed by atoms with van der Waals surface area (Å²) in [6, 6.07) is 4.97. The van der Waals surface area contributed by atoms with E-state index in [4.69, 9.17) is 17.3 Å². The molecule has 1 atom stereocenters. The average Bonchev–Trinajstić information content (AvgIpc) is 2.98. The summed E-state index contributed by atoms with van der Waals surface area (Å²) in [6.07, 6.45) is 0.728. The minimum atomic E-state index is -0.169. The van der Waals surface area contributed by atoms with E-state index in [1.54, 1.807) is 35.0 Å². The highest BCUT2D eigenvalue weighted by Crippen LogP contribution is 2.25. The summed E-state index contributed by atoms with van der Waals surface area (Å²) in [5.41, 5.74) is 7.11. The van der Waals surface area contributed by atoms with Gasteiger partial charge in [0.1, 0.15) is 0 Å². The number of nitrogens with one attached hydrogen (secondary N) is 1. The highest BCUT2D eigenvalue weighted by molar-refractivity contribution is 6.34. The van der Waals surface area contributed by atoms with Gasteiger partial charge < -0.3 is 16.0 Å². The minimum Gasteiger partial charge on any atom is -0.342 e. The van der Waals surface area contributed by atoms with Crippen LogP contribution >= 0.6 is 24.0 Å². The summed E-state index contributed by atoms with van der Waals surface area (Å²) in [5.74, 6) is 0.200. The van der Waals surface area contributed by atoms with E-state index in [0.29, 0.717) is 41.8 Å². The van der Waals surface area contributed by atoms with E-state index in [2.05, 4.69) is 19.2 Å². The number of urea groups is 1. The molecule has 1 fully saturated rings. The quantitative estimate of drug-likeness (QED) is 0.785. The van der Waals surface area contributed by atoms with E-state index in [1.165, 1.54) is 0 Å². The Balaban J connectivity index is 0.00000312. The Labute approximate surface area is 160 Å². The molecule has 0 saturated carbocycles. The van der Waals surface area contributed by atoms with Crippen LogP contribution in [0.15, 0.2) is 18.2 Å². The summed E-state index contributed by atoms with van der Waals surface area (Å²) in [6.45, 7) is 5.86. The first-order chi connectivity index (χ1) is 11.3. The van der Waals surface area contributed by atoms with Crippen LogP contribution in [0.3, 0.4) is 0 Å². The van der Waals surface area contributed by atoms with Crippen molar-refractivity contribution >= 4 is 41.6 Å². The molecule has 0 radical (unpaired) electrons. The molecule has 6 nitrogen and oxygen atoms in total. The van der Waals surface area contributed by atoms with Gasteiger partial charge in [0, 0.05) is 38.4 Å². The number of carbonyl (C=O) groups is 2. The molecule has 1 saturated heterocycles. The van der Waals surface area contributed by atoms with Gasteiger partial charge in [-0.25, -0.2) is 4.79 Å². The Bertz CT molecular complexity index is 625. The molecule has 1 heterocycles. The van der Waals surface area contributed by atoms with Gasteiger partial charge in [0.05, 0.1) is 10.6 Å². The lowest BCUT2D eigenvalue weighted by molar-refractivity contribution is 0.0789. The Kier molecular flexibility index (Phi) is 7.99. The highest BCUT2D eigenvalue weighted by atomic mass is 35.5. The third-order valence-electron chi connectivity index (χ3n) is 4.35. The van der Waals surface area contributed by atoms with Crippen molar-refractivity contribution < 1.29 is 9.59 Å². The predicted molar refractivity (Wildman–Crippen MR) is 104 cm³/mol. The van der Waals surface area contributed by atoms with Gasteiger partial charge in [0.25, 0.3) is 5.91 Å². The molecule has 0 aliphatic carbocycles. The number of hydrogen-bond acceptors (Lipinski definition) is 3. The van der Waals surface area contributed by atoms with Gasteiger partial charge in [-0.15, -0.1) is 12.4 Å². The molecule has 1 aromatic carbocycles. The largest absolute Gasteiger partial charge is 0.342 e. The van der Waals surface area contributed by atoms with Gasteiger partial charge in [0.15, 0.2) is 0 Å². The van der Waals surface area contributed by atoms with Gasteiger partial charge in [-0.05, 0) is 30.5 Å². The van der Waals surface area contributed by atoms with Crippen LogP contribution in [0.25, 0.3) is 0 Å². The number of nitrogens with two attached hydrogens (primary N) is 1. The van der Waals surface area contributed by atoms with Crippen molar-refractivity contribution in [1.82, 2.24) is 10.2 Å². The first-order valence-electron chi connectivity index (χ1n) is 8.17. The number of benzene rings is 1. The van der Waals surface area contributed by atoms with Crippen molar-refractivity contribution in [3.63, 3.8) is 0 Å². The summed E-state index contributed by atoms with van der Waals surface area (Å²) < 4.78 is 0. The van der Waals surface area contributed by atoms with Crippen molar-refractivity contribution in [2.75, 3.05) is 31.6 Å². The summed E-state index contributed by atoms with van der Waals surface area (Å²) in [7, 11) is 1.74. The molecule has 2 rings (SSSR count). The van der Waals surface area contributed by atoms with Crippen LogP contribution in [0, 0.1) is 5.92 Å². The molecule has 8 heteroatoms. The maximum absolute atomic E-state index is 12.7. The van der Waals surface area contributed by atoms with E-state index < -0.39 is 0 Å². The fourth-order valence-corrected chi connectivity index (χ4v) is 2.74. The maximum atomic E-state index is 12.7. The summed E-state index contributed by atoms with van der Waals surface area (Å²) in [5, 5.41) is 3.12. The normalized spacial score (nSPS) is 15.0. The van der Waals surface area contributed by atoms with Crippen LogP contribution < -0.4 is 16.0 Å². The molecule has 25 heavy (non-hydrogen) atoms. The van der Waals surface area contributed by atoms with E-state index in [-0.39, 0.29) is 30.4 Å². The van der Waals surface area contributed by atoms with Crippen LogP contribution in [0.5, 0.6) is 0 Å². The zero-order chi connectivity index (χ0) is 17.9. The van der Waals surface area contributed by atoms with E-state index in [0.717, 1.165) is 6.42 Å². The Morgan fingerprint density at radius 2 is 2.12 bits per heavy atom. The van der Waals surface area contributed by atoms with E-state index in [9.17, 15) is 9.59 Å². The monoisotopic (exact) mass is 388 g/mol. The van der Waals surface area contributed by atoms with Crippen molar-refractivity contribution in [3.8, 4) is 0 Å². The van der Waals surface area contributed by atoms with E-state index >= 15 is 0 Å². The summed E-state index contributed by atoms with van der Waals surface area (Å²) in [4.78, 5) is 27.7. The summed E-state index contributed by atoms with van der Waals surface area (Å²) >= 11 is 6.20. The number of rotatable bonds is 6. The van der Waals surface area contributed by atoms with E-state index in [1.807, 2.05) is 0 Å². The SMILES string of the molecule is CC(C)C(N)CCN(C)C(=O)c1cc(N2CCNC2=O)ccc1Cl.Cl. The molecule has 3 amide bonds. The van der Waals surface area contributed by atoms with Crippen LogP contribution in [0.2, 0.25) is 5.02 Å². The van der Waals surface area contributed by atoms with Gasteiger partial charge in [-0.3, -0.25) is 9.69 Å². The number of amides is 3. The highest BCUT2D eigenvalue weighted by Gasteiger charge is 2.24. The van der Waals surface area contributed by atoms with Crippen molar-refractivity contribution in [2.45, 2.75) is 26.3 Å². The molecule has 1 aromatic rings. The number of hydrogen-bond donors (Lipinski definition) is 2. The second kappa shape index (κ2) is 9.27. The molecule has 1 aliphatic rings. The fourth-order valence-electron chi connectivity index (χ4n) is 2.55. The number of carbonyl (C=O) groups excluding carboxylic acids is 2. The molecular weight excluding hydrogens is 363 g/mol. The predicted octanol–water partition coefficient (Wildman–Crippen LogP) is 2.74. The molecule has 1 aliphatic heterocycles. The third kappa shape index (κ3) is 5.23. The molecule has 0 aromatic heterocycles. The van der Waals surface area contributed by atoms with Gasteiger partial charge in [-0.1, -0.05) is 25.4 Å². The average molecular weight is 389 g/mol. The topological polar surface area (TPSA) is 78.7 Å². The van der Waals surface area contributed by atoms with Crippen molar-refractivity contribution in [2.24, 2.45) is 11.7 Å². The third-order valence-corrected chi connectivity index (χ3v) is 4.68. The lowest BCUT2D eigenvalue weighted by Crippen LogP contribution is -2.35. The number of anilines is 1. The Morgan fingerprint density at radius 3 is 2.68 bits per heavy atom. The first-order valence-corrected chi connectivity index (χ1v) is 8.55. The number of halogens is 2. The second-order valence-electron chi connectivity index (χ2n) is 6.47. The minimum absolute atomic E-state index is 0.